The van der Waals surface area contributed by atoms with Crippen molar-refractivity contribution in [2.45, 2.75) is 9.79 Å². The number of rotatable bonds is 7. The molecule has 0 saturated heterocycles. The number of nitrogens with one attached hydrogen (secondary N) is 3. The summed E-state index contributed by atoms with van der Waals surface area (Å²) in [5.41, 5.74) is 8.76. The van der Waals surface area contributed by atoms with Crippen LogP contribution in [0.15, 0.2) is 101 Å². The number of fused-ring (bicyclic) bond motifs is 1. The van der Waals surface area contributed by atoms with Gasteiger partial charge in [-0.15, -0.1) is 0 Å². The van der Waals surface area contributed by atoms with Gasteiger partial charge in [-0.3, -0.25) is 25.7 Å². The molecule has 0 aliphatic heterocycles. The second kappa shape index (κ2) is 10.0. The Morgan fingerprint density at radius 2 is 1.71 bits per heavy atom. The summed E-state index contributed by atoms with van der Waals surface area (Å²) in [5.74, 6) is 0.330. The molecule has 2 aromatic carbocycles. The summed E-state index contributed by atoms with van der Waals surface area (Å²) in [4.78, 5) is 23.1. The van der Waals surface area contributed by atoms with Crippen LogP contribution in [0.25, 0.3) is 23.1 Å². The van der Waals surface area contributed by atoms with Crippen LogP contribution in [0.1, 0.15) is 21.7 Å². The van der Waals surface area contributed by atoms with Crippen LogP contribution < -0.4 is 10.9 Å². The van der Waals surface area contributed by atoms with Crippen LogP contribution in [0.5, 0.6) is 0 Å². The molecule has 0 aliphatic carbocycles. The molecule has 0 saturated carbocycles. The molecule has 0 radical (unpaired) electrons. The highest BCUT2D eigenvalue weighted by atomic mass is 32.2. The Morgan fingerprint density at radius 1 is 0.882 bits per heavy atom. The van der Waals surface area contributed by atoms with Crippen LogP contribution in [0.3, 0.4) is 0 Å². The molecule has 3 heterocycles. The van der Waals surface area contributed by atoms with Gasteiger partial charge in [0, 0.05) is 27.6 Å². The molecule has 5 aromatic rings. The van der Waals surface area contributed by atoms with E-state index in [4.69, 9.17) is 0 Å². The molecule has 0 aliphatic rings. The predicted octanol–water partition coefficient (Wildman–Crippen LogP) is 5.43. The minimum atomic E-state index is -0.238. The molecule has 0 fully saturated rings. The van der Waals surface area contributed by atoms with Gasteiger partial charge in [0.25, 0.3) is 5.91 Å². The molecular weight excluding hydrogens is 444 g/mol. The zero-order valence-electron chi connectivity index (χ0n) is 18.0. The van der Waals surface area contributed by atoms with Crippen molar-refractivity contribution in [3.05, 3.63) is 108 Å². The lowest BCUT2D eigenvalue weighted by Crippen LogP contribution is -2.30. The number of benzene rings is 2. The minimum Gasteiger partial charge on any atom is -0.282 e. The Balaban J connectivity index is 1.32. The Bertz CT molecular complexity index is 1450. The number of aromatic amines is 1. The fourth-order valence-corrected chi connectivity index (χ4v) is 4.33. The average molecular weight is 465 g/mol. The molecular formula is C26H20N6OS. The number of anilines is 1. The van der Waals surface area contributed by atoms with E-state index in [0.29, 0.717) is 11.4 Å². The van der Waals surface area contributed by atoms with Crippen molar-refractivity contribution >= 4 is 46.5 Å². The van der Waals surface area contributed by atoms with Gasteiger partial charge in [0.1, 0.15) is 5.82 Å². The van der Waals surface area contributed by atoms with Gasteiger partial charge in [0.2, 0.25) is 0 Å². The normalized spacial score (nSPS) is 11.1. The van der Waals surface area contributed by atoms with E-state index in [2.05, 4.69) is 31.0 Å². The lowest BCUT2D eigenvalue weighted by Gasteiger charge is -2.11. The Labute approximate surface area is 200 Å². The van der Waals surface area contributed by atoms with Gasteiger partial charge >= 0.3 is 0 Å². The summed E-state index contributed by atoms with van der Waals surface area (Å²) in [6.07, 6.45) is 7.30. The minimum absolute atomic E-state index is 0.238. The first kappa shape index (κ1) is 21.4. The highest BCUT2D eigenvalue weighted by Crippen LogP contribution is 2.32. The highest BCUT2D eigenvalue weighted by molar-refractivity contribution is 7.99. The van der Waals surface area contributed by atoms with E-state index in [1.54, 1.807) is 24.5 Å². The van der Waals surface area contributed by atoms with Crippen LogP contribution in [0, 0.1) is 0 Å². The zero-order valence-corrected chi connectivity index (χ0v) is 18.8. The summed E-state index contributed by atoms with van der Waals surface area (Å²) in [6.45, 7) is 0. The van der Waals surface area contributed by atoms with Gasteiger partial charge < -0.3 is 0 Å². The maximum atomic E-state index is 12.8. The van der Waals surface area contributed by atoms with Crippen molar-refractivity contribution < 1.29 is 4.79 Å². The SMILES string of the molecule is O=C(NNc1ccccn1)c1ccccc1Sc1ccc2c(/C=C/c3ccccn3)n[nH]c2c1. The largest absolute Gasteiger partial charge is 0.282 e. The third-order valence-corrected chi connectivity index (χ3v) is 6.06. The van der Waals surface area contributed by atoms with Gasteiger partial charge in [0.15, 0.2) is 0 Å². The molecule has 166 valence electrons. The van der Waals surface area contributed by atoms with Crippen molar-refractivity contribution in [3.63, 3.8) is 0 Å². The molecule has 1 amide bonds. The molecule has 0 bridgehead atoms. The third-order valence-electron chi connectivity index (χ3n) is 4.99. The first-order chi connectivity index (χ1) is 16.8. The molecule has 5 rings (SSSR count). The molecule has 8 heteroatoms. The highest BCUT2D eigenvalue weighted by Gasteiger charge is 2.13. The number of hydrogen-bond donors (Lipinski definition) is 3. The number of aromatic nitrogens is 4. The lowest BCUT2D eigenvalue weighted by atomic mass is 10.2. The Morgan fingerprint density at radius 3 is 2.53 bits per heavy atom. The van der Waals surface area contributed by atoms with E-state index < -0.39 is 0 Å². The van der Waals surface area contributed by atoms with Crippen molar-refractivity contribution in [2.24, 2.45) is 0 Å². The number of hydrogen-bond acceptors (Lipinski definition) is 6. The maximum Gasteiger partial charge on any atom is 0.270 e. The van der Waals surface area contributed by atoms with E-state index in [1.165, 1.54) is 11.8 Å². The van der Waals surface area contributed by atoms with Gasteiger partial charge in [-0.05, 0) is 66.7 Å². The van der Waals surface area contributed by atoms with E-state index in [9.17, 15) is 4.79 Å². The molecule has 7 nitrogen and oxygen atoms in total. The smallest absolute Gasteiger partial charge is 0.270 e. The topological polar surface area (TPSA) is 95.6 Å². The van der Waals surface area contributed by atoms with Crippen molar-refractivity contribution in [1.82, 2.24) is 25.6 Å². The predicted molar refractivity (Wildman–Crippen MR) is 135 cm³/mol. The van der Waals surface area contributed by atoms with Gasteiger partial charge in [-0.25, -0.2) is 4.98 Å². The van der Waals surface area contributed by atoms with Crippen molar-refractivity contribution in [2.75, 3.05) is 5.43 Å². The second-order valence-corrected chi connectivity index (χ2v) is 8.41. The molecule has 3 N–H and O–H groups in total. The van der Waals surface area contributed by atoms with Gasteiger partial charge in [0.05, 0.1) is 22.5 Å². The van der Waals surface area contributed by atoms with Gasteiger partial charge in [-0.1, -0.05) is 36.0 Å². The van der Waals surface area contributed by atoms with Crippen LogP contribution in [-0.2, 0) is 0 Å². The van der Waals surface area contributed by atoms with Crippen molar-refractivity contribution in [3.8, 4) is 0 Å². The Hall–Kier alpha value is -4.43. The molecule has 0 unspecified atom stereocenters. The van der Waals surface area contributed by atoms with E-state index in [1.807, 2.05) is 78.9 Å². The second-order valence-electron chi connectivity index (χ2n) is 7.30. The standard InChI is InChI=1S/C26H20N6OS/c33-26(32-31-25-10-4-6-16-28-25)21-8-1-2-9-24(21)34-19-12-13-20-22(29-30-23(20)17-19)14-11-18-7-3-5-15-27-18/h1-17H,(H,28,31)(H,29,30)(H,32,33)/b14-11+. The van der Waals surface area contributed by atoms with Crippen molar-refractivity contribution in [1.29, 1.82) is 0 Å². The zero-order chi connectivity index (χ0) is 23.2. The molecule has 34 heavy (non-hydrogen) atoms. The fourth-order valence-electron chi connectivity index (χ4n) is 3.34. The van der Waals surface area contributed by atoms with E-state index in [-0.39, 0.29) is 5.91 Å². The summed E-state index contributed by atoms with van der Waals surface area (Å²) < 4.78 is 0. The number of pyridine rings is 2. The fraction of sp³-hybridized carbons (Fsp3) is 0. The lowest BCUT2D eigenvalue weighted by molar-refractivity contribution is 0.0959. The molecule has 0 atom stereocenters. The number of carbonyl (C=O) groups is 1. The number of amides is 1. The van der Waals surface area contributed by atoms with Gasteiger partial charge in [-0.2, -0.15) is 5.10 Å². The molecule has 0 spiro atoms. The van der Waals surface area contributed by atoms with E-state index >= 15 is 0 Å². The Kier molecular flexibility index (Phi) is 6.31. The van der Waals surface area contributed by atoms with Crippen LogP contribution >= 0.6 is 11.8 Å². The number of hydrazine groups is 1. The quantitative estimate of drug-likeness (QED) is 0.278. The first-order valence-electron chi connectivity index (χ1n) is 10.6. The third kappa shape index (κ3) is 4.97. The molecule has 3 aromatic heterocycles. The number of H-pyrrole nitrogens is 1. The summed E-state index contributed by atoms with van der Waals surface area (Å²) in [5, 5.41) is 8.54. The first-order valence-corrected chi connectivity index (χ1v) is 11.4. The number of carbonyl (C=O) groups excluding carboxylic acids is 1. The average Bonchev–Trinajstić information content (AvgIpc) is 3.30. The van der Waals surface area contributed by atoms with E-state index in [0.717, 1.165) is 32.1 Å². The summed E-state index contributed by atoms with van der Waals surface area (Å²) in [7, 11) is 0. The summed E-state index contributed by atoms with van der Waals surface area (Å²) >= 11 is 1.52. The summed E-state index contributed by atoms with van der Waals surface area (Å²) in [6, 6.07) is 24.8. The van der Waals surface area contributed by atoms with Crippen LogP contribution in [0.2, 0.25) is 0 Å². The monoisotopic (exact) mass is 464 g/mol. The number of nitrogens with zero attached hydrogens (tertiary/aromatic N) is 3. The maximum absolute atomic E-state index is 12.8. The van der Waals surface area contributed by atoms with Crippen LogP contribution in [0.4, 0.5) is 5.82 Å². The van der Waals surface area contributed by atoms with Crippen LogP contribution in [-0.4, -0.2) is 26.1 Å².